The van der Waals surface area contributed by atoms with Gasteiger partial charge in [0.2, 0.25) is 5.91 Å². The van der Waals surface area contributed by atoms with Crippen LogP contribution in [-0.2, 0) is 16.0 Å². The van der Waals surface area contributed by atoms with Gasteiger partial charge in [-0.15, -0.1) is 0 Å². The standard InChI is InChI=1S/C17H21N3O3/c1-12-5-3-6-14(9-12)10-15(17(22)23)11-18-16(21)13(2)20-8-4-7-19-20/h3-9,13,15H,10-11H2,1-2H3,(H,18,21)(H,22,23)/t13-,15-/m1/s1. The summed E-state index contributed by atoms with van der Waals surface area (Å²) < 4.78 is 1.53. The van der Waals surface area contributed by atoms with Crippen LogP contribution in [-0.4, -0.2) is 33.3 Å². The van der Waals surface area contributed by atoms with Crippen LogP contribution in [0.25, 0.3) is 0 Å². The number of nitrogens with one attached hydrogen (secondary N) is 1. The Bertz CT molecular complexity index is 667. The van der Waals surface area contributed by atoms with Gasteiger partial charge in [-0.05, 0) is 31.9 Å². The minimum Gasteiger partial charge on any atom is -0.481 e. The first-order chi connectivity index (χ1) is 11.0. The molecule has 122 valence electrons. The molecule has 0 unspecified atom stereocenters. The summed E-state index contributed by atoms with van der Waals surface area (Å²) in [6.07, 6.45) is 3.68. The van der Waals surface area contributed by atoms with Gasteiger partial charge in [-0.1, -0.05) is 29.8 Å². The van der Waals surface area contributed by atoms with Crippen LogP contribution >= 0.6 is 0 Å². The van der Waals surface area contributed by atoms with Crippen LogP contribution in [0.5, 0.6) is 0 Å². The fourth-order valence-corrected chi connectivity index (χ4v) is 2.37. The minimum absolute atomic E-state index is 0.0910. The highest BCUT2D eigenvalue weighted by atomic mass is 16.4. The van der Waals surface area contributed by atoms with E-state index < -0.39 is 17.9 Å². The van der Waals surface area contributed by atoms with Crippen molar-refractivity contribution in [3.8, 4) is 0 Å². The normalized spacial score (nSPS) is 13.3. The van der Waals surface area contributed by atoms with E-state index in [1.165, 1.54) is 4.68 Å². The molecule has 1 amide bonds. The second-order valence-corrected chi connectivity index (χ2v) is 5.64. The van der Waals surface area contributed by atoms with E-state index >= 15 is 0 Å². The first-order valence-corrected chi connectivity index (χ1v) is 7.52. The lowest BCUT2D eigenvalue weighted by Gasteiger charge is -2.17. The fraction of sp³-hybridized carbons (Fsp3) is 0.353. The van der Waals surface area contributed by atoms with E-state index in [-0.39, 0.29) is 12.5 Å². The van der Waals surface area contributed by atoms with Gasteiger partial charge in [0, 0.05) is 18.9 Å². The number of aliphatic carboxylic acids is 1. The Morgan fingerprint density at radius 1 is 1.35 bits per heavy atom. The zero-order valence-electron chi connectivity index (χ0n) is 13.3. The Hall–Kier alpha value is -2.63. The van der Waals surface area contributed by atoms with E-state index in [2.05, 4.69) is 10.4 Å². The molecule has 0 saturated heterocycles. The van der Waals surface area contributed by atoms with Crippen molar-refractivity contribution >= 4 is 11.9 Å². The third kappa shape index (κ3) is 4.67. The molecule has 0 fully saturated rings. The number of nitrogens with zero attached hydrogens (tertiary/aromatic N) is 2. The maximum atomic E-state index is 12.1. The summed E-state index contributed by atoms with van der Waals surface area (Å²) >= 11 is 0. The van der Waals surface area contributed by atoms with E-state index in [9.17, 15) is 14.7 Å². The second-order valence-electron chi connectivity index (χ2n) is 5.64. The van der Waals surface area contributed by atoms with Crippen LogP contribution < -0.4 is 5.32 Å². The summed E-state index contributed by atoms with van der Waals surface area (Å²) in [6.45, 7) is 3.78. The fourth-order valence-electron chi connectivity index (χ4n) is 2.37. The molecule has 2 atom stereocenters. The number of aromatic nitrogens is 2. The van der Waals surface area contributed by atoms with Crippen molar-refractivity contribution < 1.29 is 14.7 Å². The summed E-state index contributed by atoms with van der Waals surface area (Å²) in [4.78, 5) is 23.5. The smallest absolute Gasteiger partial charge is 0.308 e. The highest BCUT2D eigenvalue weighted by molar-refractivity contribution is 5.80. The Balaban J connectivity index is 1.94. The molecule has 0 radical (unpaired) electrons. The summed E-state index contributed by atoms with van der Waals surface area (Å²) in [5.41, 5.74) is 2.04. The van der Waals surface area contributed by atoms with Crippen molar-refractivity contribution in [2.75, 3.05) is 6.54 Å². The monoisotopic (exact) mass is 315 g/mol. The molecule has 2 aromatic rings. The number of hydrogen-bond acceptors (Lipinski definition) is 3. The predicted octanol–water partition coefficient (Wildman–Crippen LogP) is 1.81. The molecule has 0 aliphatic heterocycles. The molecule has 0 spiro atoms. The van der Waals surface area contributed by atoms with Crippen LogP contribution in [0.2, 0.25) is 0 Å². The Kier molecular flexibility index (Phi) is 5.51. The average Bonchev–Trinajstić information content (AvgIpc) is 3.04. The minimum atomic E-state index is -0.918. The van der Waals surface area contributed by atoms with E-state index in [0.29, 0.717) is 6.42 Å². The van der Waals surface area contributed by atoms with Gasteiger partial charge in [0.25, 0.3) is 0 Å². The lowest BCUT2D eigenvalue weighted by molar-refractivity contribution is -0.141. The van der Waals surface area contributed by atoms with Gasteiger partial charge >= 0.3 is 5.97 Å². The number of amides is 1. The topological polar surface area (TPSA) is 84.2 Å². The molecule has 1 aromatic carbocycles. The van der Waals surface area contributed by atoms with Crippen LogP contribution in [0.4, 0.5) is 0 Å². The Morgan fingerprint density at radius 2 is 2.13 bits per heavy atom. The van der Waals surface area contributed by atoms with Crippen molar-refractivity contribution in [3.63, 3.8) is 0 Å². The van der Waals surface area contributed by atoms with E-state index in [0.717, 1.165) is 11.1 Å². The molecular formula is C17H21N3O3. The number of benzene rings is 1. The van der Waals surface area contributed by atoms with Crippen LogP contribution in [0.3, 0.4) is 0 Å². The zero-order chi connectivity index (χ0) is 16.8. The van der Waals surface area contributed by atoms with Crippen molar-refractivity contribution in [1.29, 1.82) is 0 Å². The lowest BCUT2D eigenvalue weighted by atomic mass is 9.98. The molecular weight excluding hydrogens is 294 g/mol. The number of hydrogen-bond donors (Lipinski definition) is 2. The lowest BCUT2D eigenvalue weighted by Crippen LogP contribution is -2.37. The quantitative estimate of drug-likeness (QED) is 0.816. The summed E-state index contributed by atoms with van der Waals surface area (Å²) in [5, 5.41) is 16.1. The second kappa shape index (κ2) is 7.58. The number of rotatable bonds is 7. The van der Waals surface area contributed by atoms with Gasteiger partial charge in [0.1, 0.15) is 6.04 Å². The summed E-state index contributed by atoms with van der Waals surface area (Å²) in [5.74, 6) is -1.83. The van der Waals surface area contributed by atoms with Gasteiger partial charge in [-0.25, -0.2) is 0 Å². The van der Waals surface area contributed by atoms with Gasteiger partial charge in [0.05, 0.1) is 5.92 Å². The number of carbonyl (C=O) groups excluding carboxylic acids is 1. The van der Waals surface area contributed by atoms with E-state index in [4.69, 9.17) is 0 Å². The van der Waals surface area contributed by atoms with Gasteiger partial charge in [0.15, 0.2) is 0 Å². The molecule has 23 heavy (non-hydrogen) atoms. The molecule has 2 rings (SSSR count). The SMILES string of the molecule is Cc1cccc(C[C@H](CNC(=O)[C@@H](C)n2cccn2)C(=O)O)c1. The maximum Gasteiger partial charge on any atom is 0.308 e. The molecule has 0 bridgehead atoms. The van der Waals surface area contributed by atoms with Crippen molar-refractivity contribution in [3.05, 3.63) is 53.9 Å². The molecule has 0 aliphatic carbocycles. The number of carboxylic acid groups (broad SMARTS) is 1. The van der Waals surface area contributed by atoms with Crippen molar-refractivity contribution in [1.82, 2.24) is 15.1 Å². The van der Waals surface area contributed by atoms with Gasteiger partial charge in [-0.2, -0.15) is 5.10 Å². The summed E-state index contributed by atoms with van der Waals surface area (Å²) in [7, 11) is 0. The van der Waals surface area contributed by atoms with Crippen LogP contribution in [0.1, 0.15) is 24.1 Å². The van der Waals surface area contributed by atoms with Crippen molar-refractivity contribution in [2.45, 2.75) is 26.3 Å². The first kappa shape index (κ1) is 16.7. The largest absolute Gasteiger partial charge is 0.481 e. The first-order valence-electron chi connectivity index (χ1n) is 7.52. The summed E-state index contributed by atoms with van der Waals surface area (Å²) in [6, 6.07) is 9.00. The molecule has 0 saturated carbocycles. The molecule has 0 aliphatic rings. The maximum absolute atomic E-state index is 12.1. The highest BCUT2D eigenvalue weighted by Crippen LogP contribution is 2.11. The van der Waals surface area contributed by atoms with Crippen LogP contribution in [0, 0.1) is 12.8 Å². The molecule has 1 aromatic heterocycles. The van der Waals surface area contributed by atoms with Crippen molar-refractivity contribution in [2.24, 2.45) is 5.92 Å². The molecule has 6 heteroatoms. The van der Waals surface area contributed by atoms with Crippen LogP contribution in [0.15, 0.2) is 42.7 Å². The number of carboxylic acids is 1. The number of carbonyl (C=O) groups is 2. The van der Waals surface area contributed by atoms with Gasteiger partial charge < -0.3 is 10.4 Å². The highest BCUT2D eigenvalue weighted by Gasteiger charge is 2.21. The third-order valence-corrected chi connectivity index (χ3v) is 3.74. The predicted molar refractivity (Wildman–Crippen MR) is 86.0 cm³/mol. The molecule has 1 heterocycles. The number of aryl methyl sites for hydroxylation is 1. The molecule has 6 nitrogen and oxygen atoms in total. The average molecular weight is 315 g/mol. The Labute approximate surface area is 135 Å². The van der Waals surface area contributed by atoms with Gasteiger partial charge in [-0.3, -0.25) is 14.3 Å². The third-order valence-electron chi connectivity index (χ3n) is 3.74. The molecule has 2 N–H and O–H groups in total. The van der Waals surface area contributed by atoms with E-state index in [1.54, 1.807) is 25.4 Å². The zero-order valence-corrected chi connectivity index (χ0v) is 13.3. The van der Waals surface area contributed by atoms with E-state index in [1.807, 2.05) is 31.2 Å². The Morgan fingerprint density at radius 3 is 2.74 bits per heavy atom.